The molecule has 3 aromatic heterocycles. The highest BCUT2D eigenvalue weighted by atomic mass is 16.4. The Kier molecular flexibility index (Phi) is 7.76. The lowest BCUT2D eigenvalue weighted by atomic mass is 9.83. The molecule has 0 bridgehead atoms. The molecule has 3 N–H and O–H groups in total. The monoisotopic (exact) mass is 527 g/mol. The van der Waals surface area contributed by atoms with Crippen LogP contribution >= 0.6 is 0 Å². The number of fused-ring (bicyclic) bond motifs is 1. The Balaban J connectivity index is 1.23. The molecule has 0 aliphatic heterocycles. The first kappa shape index (κ1) is 26.2. The van der Waals surface area contributed by atoms with Crippen LogP contribution in [0.25, 0.3) is 17.0 Å². The summed E-state index contributed by atoms with van der Waals surface area (Å²) in [5, 5.41) is 8.48. The third-order valence-electron chi connectivity index (χ3n) is 7.28. The molecule has 0 radical (unpaired) electrons. The van der Waals surface area contributed by atoms with Crippen molar-refractivity contribution in [2.75, 3.05) is 7.05 Å². The normalized spacial score (nSPS) is 14.6. The lowest BCUT2D eigenvalue weighted by Gasteiger charge is -2.29. The van der Waals surface area contributed by atoms with Gasteiger partial charge in [-0.3, -0.25) is 14.4 Å². The molecule has 1 fully saturated rings. The van der Waals surface area contributed by atoms with Gasteiger partial charge < -0.3 is 24.8 Å². The molecule has 4 aromatic rings. The van der Waals surface area contributed by atoms with Crippen molar-refractivity contribution in [3.8, 4) is 11.3 Å². The van der Waals surface area contributed by atoms with E-state index in [9.17, 15) is 14.4 Å². The third-order valence-corrected chi connectivity index (χ3v) is 7.28. The minimum atomic E-state index is -0.583. The number of furan rings is 1. The smallest absolute Gasteiger partial charge is 0.287 e. The second kappa shape index (κ2) is 11.6. The predicted molar refractivity (Wildman–Crippen MR) is 147 cm³/mol. The molecule has 202 valence electrons. The number of pyridine rings is 1. The number of aromatic nitrogens is 2. The van der Waals surface area contributed by atoms with Crippen molar-refractivity contribution in [3.63, 3.8) is 0 Å². The summed E-state index contributed by atoms with van der Waals surface area (Å²) in [7, 11) is 1.59. The minimum Gasteiger partial charge on any atom is -0.451 e. The van der Waals surface area contributed by atoms with E-state index in [1.165, 1.54) is 0 Å². The van der Waals surface area contributed by atoms with Crippen LogP contribution in [0.15, 0.2) is 65.3 Å². The highest BCUT2D eigenvalue weighted by molar-refractivity contribution is 5.96. The number of carbonyl (C=O) groups is 3. The molecule has 9 heteroatoms. The van der Waals surface area contributed by atoms with Gasteiger partial charge in [0.25, 0.3) is 11.8 Å². The number of aryl methyl sites for hydroxylation is 1. The second-order valence-electron chi connectivity index (χ2n) is 10.1. The van der Waals surface area contributed by atoms with Crippen molar-refractivity contribution in [2.24, 2.45) is 5.92 Å². The first-order valence-corrected chi connectivity index (χ1v) is 13.4. The molecule has 1 saturated carbocycles. The number of hydrogen-bond acceptors (Lipinski definition) is 5. The van der Waals surface area contributed by atoms with Gasteiger partial charge in [0.05, 0.1) is 0 Å². The average Bonchev–Trinajstić information content (AvgIpc) is 3.62. The number of likely N-dealkylation sites (N-methyl/N-ethyl adjacent to an activating group) is 1. The van der Waals surface area contributed by atoms with Crippen LogP contribution in [-0.4, -0.2) is 40.2 Å². The molecular weight excluding hydrogens is 494 g/mol. The molecule has 3 amide bonds. The molecule has 1 aliphatic rings. The van der Waals surface area contributed by atoms with Crippen LogP contribution in [0.3, 0.4) is 0 Å². The fourth-order valence-corrected chi connectivity index (χ4v) is 5.15. The highest BCUT2D eigenvalue weighted by Crippen LogP contribution is 2.28. The summed E-state index contributed by atoms with van der Waals surface area (Å²) in [5.41, 5.74) is 3.80. The lowest BCUT2D eigenvalue weighted by molar-refractivity contribution is -0.124. The highest BCUT2D eigenvalue weighted by Gasteiger charge is 2.31. The van der Waals surface area contributed by atoms with Gasteiger partial charge in [-0.15, -0.1) is 0 Å². The van der Waals surface area contributed by atoms with E-state index in [-0.39, 0.29) is 23.5 Å². The SMILES string of the molecule is CNC(=O)[C@H](NC(=O)c1ccc(-c2cccc(CNC(=O)c3cn4ccc(C)cc4n3)c2)o1)C1CCCCC1. The molecule has 39 heavy (non-hydrogen) atoms. The first-order chi connectivity index (χ1) is 18.9. The quantitative estimate of drug-likeness (QED) is 0.317. The Bertz CT molecular complexity index is 1500. The average molecular weight is 528 g/mol. The maximum Gasteiger partial charge on any atom is 0.287 e. The summed E-state index contributed by atoms with van der Waals surface area (Å²) < 4.78 is 7.70. The van der Waals surface area contributed by atoms with Crippen LogP contribution in [0.5, 0.6) is 0 Å². The zero-order chi connectivity index (χ0) is 27.4. The standard InChI is InChI=1S/C30H33N5O4/c1-19-13-14-35-18-23(33-26(35)15-19)28(36)32-17-20-7-6-10-22(16-20)24-11-12-25(39-24)29(37)34-27(30(38)31-2)21-8-4-3-5-9-21/h6-7,10-16,18,21,27H,3-5,8-9,17H2,1-2H3,(H,31,38)(H,32,36)(H,34,37)/t27-/m1/s1. The van der Waals surface area contributed by atoms with Crippen LogP contribution in [0, 0.1) is 12.8 Å². The van der Waals surface area contributed by atoms with Crippen molar-refractivity contribution < 1.29 is 18.8 Å². The molecule has 0 spiro atoms. The van der Waals surface area contributed by atoms with Crippen molar-refractivity contribution in [1.82, 2.24) is 25.3 Å². The molecule has 0 saturated heterocycles. The van der Waals surface area contributed by atoms with Gasteiger partial charge in [-0.25, -0.2) is 4.98 Å². The van der Waals surface area contributed by atoms with Crippen molar-refractivity contribution >= 4 is 23.4 Å². The summed E-state index contributed by atoms with van der Waals surface area (Å²) in [5.74, 6) is -0.0632. The van der Waals surface area contributed by atoms with Gasteiger partial charge in [-0.05, 0) is 67.1 Å². The van der Waals surface area contributed by atoms with E-state index < -0.39 is 11.9 Å². The lowest BCUT2D eigenvalue weighted by Crippen LogP contribution is -2.50. The number of hydrogen-bond donors (Lipinski definition) is 3. The van der Waals surface area contributed by atoms with Gasteiger partial charge >= 0.3 is 0 Å². The van der Waals surface area contributed by atoms with Crippen molar-refractivity contribution in [2.45, 2.75) is 51.6 Å². The predicted octanol–water partition coefficient (Wildman–Crippen LogP) is 4.26. The largest absolute Gasteiger partial charge is 0.451 e. The van der Waals surface area contributed by atoms with Crippen LogP contribution in [0.1, 0.15) is 64.3 Å². The first-order valence-electron chi connectivity index (χ1n) is 13.4. The molecule has 9 nitrogen and oxygen atoms in total. The van der Waals surface area contributed by atoms with Gasteiger partial charge in [0, 0.05) is 31.5 Å². The maximum absolute atomic E-state index is 13.0. The Hall–Kier alpha value is -4.40. The number of amides is 3. The second-order valence-corrected chi connectivity index (χ2v) is 10.1. The number of nitrogens with zero attached hydrogens (tertiary/aromatic N) is 2. The van der Waals surface area contributed by atoms with Crippen LogP contribution < -0.4 is 16.0 Å². The number of benzene rings is 1. The molecule has 1 aromatic carbocycles. The topological polar surface area (TPSA) is 118 Å². The summed E-state index contributed by atoms with van der Waals surface area (Å²) in [4.78, 5) is 42.6. The molecule has 1 atom stereocenters. The van der Waals surface area contributed by atoms with E-state index in [2.05, 4.69) is 20.9 Å². The number of rotatable bonds is 8. The molecule has 0 unspecified atom stereocenters. The molecule has 3 heterocycles. The Labute approximate surface area is 227 Å². The van der Waals surface area contributed by atoms with Crippen molar-refractivity contribution in [3.05, 3.63) is 83.5 Å². The van der Waals surface area contributed by atoms with E-state index in [4.69, 9.17) is 4.42 Å². The van der Waals surface area contributed by atoms with E-state index >= 15 is 0 Å². The Morgan fingerprint density at radius 2 is 1.87 bits per heavy atom. The van der Waals surface area contributed by atoms with Crippen LogP contribution in [0.4, 0.5) is 0 Å². The maximum atomic E-state index is 13.0. The Morgan fingerprint density at radius 3 is 2.67 bits per heavy atom. The number of nitrogens with one attached hydrogen (secondary N) is 3. The summed E-state index contributed by atoms with van der Waals surface area (Å²) in [6.07, 6.45) is 8.71. The van der Waals surface area contributed by atoms with Gasteiger partial charge in [0.2, 0.25) is 5.91 Å². The third kappa shape index (κ3) is 6.03. The minimum absolute atomic E-state index is 0.119. The number of carbonyl (C=O) groups excluding carboxylic acids is 3. The van der Waals surface area contributed by atoms with Gasteiger partial charge in [-0.2, -0.15) is 0 Å². The fourth-order valence-electron chi connectivity index (χ4n) is 5.15. The summed E-state index contributed by atoms with van der Waals surface area (Å²) >= 11 is 0. The van der Waals surface area contributed by atoms with E-state index in [0.717, 1.165) is 54.4 Å². The van der Waals surface area contributed by atoms with Gasteiger partial charge in [0.15, 0.2) is 5.76 Å². The molecule has 5 rings (SSSR count). The van der Waals surface area contributed by atoms with Crippen LogP contribution in [0.2, 0.25) is 0 Å². The zero-order valence-electron chi connectivity index (χ0n) is 22.2. The molecular formula is C30H33N5O4. The van der Waals surface area contributed by atoms with Gasteiger partial charge in [-0.1, -0.05) is 37.5 Å². The summed E-state index contributed by atoms with van der Waals surface area (Å²) in [6.45, 7) is 2.29. The van der Waals surface area contributed by atoms with E-state index in [1.54, 1.807) is 25.4 Å². The van der Waals surface area contributed by atoms with Gasteiger partial charge in [0.1, 0.15) is 23.1 Å². The van der Waals surface area contributed by atoms with E-state index in [0.29, 0.717) is 18.0 Å². The Morgan fingerprint density at radius 1 is 1.05 bits per heavy atom. The molecule has 1 aliphatic carbocycles. The fraction of sp³-hybridized carbons (Fsp3) is 0.333. The van der Waals surface area contributed by atoms with Crippen molar-refractivity contribution in [1.29, 1.82) is 0 Å². The number of imidazole rings is 1. The summed E-state index contributed by atoms with van der Waals surface area (Å²) in [6, 6.07) is 14.2. The zero-order valence-corrected chi connectivity index (χ0v) is 22.2. The van der Waals surface area contributed by atoms with E-state index in [1.807, 2.05) is 53.9 Å². The van der Waals surface area contributed by atoms with Crippen LogP contribution in [-0.2, 0) is 11.3 Å².